The number of anilines is 1. The summed E-state index contributed by atoms with van der Waals surface area (Å²) in [6, 6.07) is 9.57. The molecule has 2 atom stereocenters. The number of carbonyl (C=O) groups is 1. The average molecular weight is 339 g/mol. The number of fused-ring (bicyclic) bond motifs is 1. The summed E-state index contributed by atoms with van der Waals surface area (Å²) in [5.74, 6) is 2.56. The van der Waals surface area contributed by atoms with Crippen molar-refractivity contribution in [1.29, 1.82) is 0 Å². The van der Waals surface area contributed by atoms with Crippen molar-refractivity contribution in [2.24, 2.45) is 10.9 Å². The molecule has 3 aliphatic rings. The van der Waals surface area contributed by atoms with Crippen LogP contribution in [0.1, 0.15) is 12.8 Å². The van der Waals surface area contributed by atoms with Crippen LogP contribution in [0.2, 0.25) is 0 Å². The number of nitrogens with zero attached hydrogens (tertiary/aromatic N) is 3. The molecule has 6 nitrogen and oxygen atoms in total. The van der Waals surface area contributed by atoms with E-state index in [1.807, 2.05) is 48.4 Å². The van der Waals surface area contributed by atoms with E-state index >= 15 is 0 Å². The van der Waals surface area contributed by atoms with E-state index in [-0.39, 0.29) is 24.7 Å². The van der Waals surface area contributed by atoms with E-state index in [0.29, 0.717) is 12.4 Å². The number of allylic oxidation sites excluding steroid dienone is 2. The van der Waals surface area contributed by atoms with Crippen LogP contribution in [0.4, 0.5) is 5.69 Å². The lowest BCUT2D eigenvalue weighted by atomic mass is 9.92. The SMILES string of the molecule is CN1C(=O)C(CC2C=C3OCOC3=CC2)N=C1N(C)c1ccccc1. The minimum Gasteiger partial charge on any atom is -0.454 e. The molecule has 25 heavy (non-hydrogen) atoms. The lowest BCUT2D eigenvalue weighted by Gasteiger charge is -2.23. The Hall–Kier alpha value is -2.76. The number of carbonyl (C=O) groups excluding carboxylic acids is 1. The number of guanidine groups is 1. The standard InChI is InChI=1S/C19H21N3O3/c1-21(14-6-4-3-5-7-14)19-20-15(18(23)22(19)2)10-13-8-9-16-17(11-13)25-12-24-16/h3-7,9,11,13,15H,8,10,12H2,1-2H3. The van der Waals surface area contributed by atoms with Crippen LogP contribution >= 0.6 is 0 Å². The molecule has 1 aromatic rings. The molecule has 0 radical (unpaired) electrons. The number of hydrogen-bond donors (Lipinski definition) is 0. The first-order valence-corrected chi connectivity index (χ1v) is 8.45. The Morgan fingerprint density at radius 3 is 2.80 bits per heavy atom. The lowest BCUT2D eigenvalue weighted by molar-refractivity contribution is -0.126. The molecule has 1 amide bonds. The maximum Gasteiger partial charge on any atom is 0.253 e. The zero-order chi connectivity index (χ0) is 17.4. The quantitative estimate of drug-likeness (QED) is 0.849. The first-order chi connectivity index (χ1) is 12.1. The lowest BCUT2D eigenvalue weighted by Crippen LogP contribution is -2.40. The third-order valence-electron chi connectivity index (χ3n) is 4.82. The van der Waals surface area contributed by atoms with Gasteiger partial charge in [-0.15, -0.1) is 0 Å². The van der Waals surface area contributed by atoms with Crippen LogP contribution in [0.5, 0.6) is 0 Å². The minimum absolute atomic E-state index is 0.0366. The highest BCUT2D eigenvalue weighted by atomic mass is 16.7. The summed E-state index contributed by atoms with van der Waals surface area (Å²) < 4.78 is 10.8. The molecule has 2 aliphatic heterocycles. The van der Waals surface area contributed by atoms with Gasteiger partial charge in [0.05, 0.1) is 0 Å². The highest BCUT2D eigenvalue weighted by molar-refractivity contribution is 6.11. The Labute approximate surface area is 147 Å². The van der Waals surface area contributed by atoms with Crippen LogP contribution in [0.25, 0.3) is 0 Å². The fourth-order valence-corrected chi connectivity index (χ4v) is 3.42. The van der Waals surface area contributed by atoms with Gasteiger partial charge in [0, 0.05) is 19.8 Å². The monoisotopic (exact) mass is 339 g/mol. The highest BCUT2D eigenvalue weighted by Gasteiger charge is 2.36. The van der Waals surface area contributed by atoms with E-state index in [1.54, 1.807) is 11.9 Å². The van der Waals surface area contributed by atoms with E-state index in [2.05, 4.69) is 6.08 Å². The van der Waals surface area contributed by atoms with E-state index in [0.717, 1.165) is 23.6 Å². The zero-order valence-electron chi connectivity index (χ0n) is 14.4. The van der Waals surface area contributed by atoms with Crippen molar-refractivity contribution < 1.29 is 14.3 Å². The van der Waals surface area contributed by atoms with Crippen molar-refractivity contribution in [2.45, 2.75) is 18.9 Å². The first kappa shape index (κ1) is 15.7. The van der Waals surface area contributed by atoms with E-state index in [1.165, 1.54) is 0 Å². The van der Waals surface area contributed by atoms with Gasteiger partial charge in [-0.25, -0.2) is 4.99 Å². The van der Waals surface area contributed by atoms with Gasteiger partial charge in [0.15, 0.2) is 11.5 Å². The van der Waals surface area contributed by atoms with Crippen molar-refractivity contribution in [3.63, 3.8) is 0 Å². The van der Waals surface area contributed by atoms with Crippen LogP contribution in [0.3, 0.4) is 0 Å². The Kier molecular flexibility index (Phi) is 3.95. The van der Waals surface area contributed by atoms with E-state index in [4.69, 9.17) is 14.5 Å². The van der Waals surface area contributed by atoms with Crippen LogP contribution in [0, 0.1) is 5.92 Å². The second-order valence-electron chi connectivity index (χ2n) is 6.47. The maximum atomic E-state index is 12.6. The van der Waals surface area contributed by atoms with Gasteiger partial charge in [-0.2, -0.15) is 0 Å². The van der Waals surface area contributed by atoms with Gasteiger partial charge >= 0.3 is 0 Å². The molecule has 0 bridgehead atoms. The molecule has 0 saturated carbocycles. The number of amides is 1. The molecule has 6 heteroatoms. The molecule has 1 aromatic carbocycles. The average Bonchev–Trinajstić information content (AvgIpc) is 3.21. The summed E-state index contributed by atoms with van der Waals surface area (Å²) in [4.78, 5) is 20.9. The fourth-order valence-electron chi connectivity index (χ4n) is 3.42. The molecule has 0 spiro atoms. The van der Waals surface area contributed by atoms with E-state index < -0.39 is 0 Å². The number of ether oxygens (including phenoxy) is 2. The maximum absolute atomic E-state index is 12.6. The summed E-state index contributed by atoms with van der Waals surface area (Å²) in [5.41, 5.74) is 1.01. The van der Waals surface area contributed by atoms with Crippen molar-refractivity contribution in [2.75, 3.05) is 25.8 Å². The van der Waals surface area contributed by atoms with E-state index in [9.17, 15) is 4.79 Å². The number of likely N-dealkylation sites (N-methyl/N-ethyl adjacent to an activating group) is 1. The smallest absolute Gasteiger partial charge is 0.253 e. The van der Waals surface area contributed by atoms with Crippen LogP contribution < -0.4 is 4.90 Å². The van der Waals surface area contributed by atoms with Gasteiger partial charge in [-0.05, 0) is 43.0 Å². The number of aliphatic imine (C=N–C) groups is 1. The van der Waals surface area contributed by atoms with Crippen LogP contribution in [-0.4, -0.2) is 43.7 Å². The van der Waals surface area contributed by atoms with Crippen molar-refractivity contribution in [3.8, 4) is 0 Å². The van der Waals surface area contributed by atoms with Gasteiger partial charge in [0.25, 0.3) is 5.91 Å². The van der Waals surface area contributed by atoms with Crippen LogP contribution in [-0.2, 0) is 14.3 Å². The highest BCUT2D eigenvalue weighted by Crippen LogP contribution is 2.32. The van der Waals surface area contributed by atoms with Crippen molar-refractivity contribution in [3.05, 3.63) is 54.0 Å². The Morgan fingerprint density at radius 1 is 1.24 bits per heavy atom. The number of hydrogen-bond acceptors (Lipinski definition) is 5. The first-order valence-electron chi connectivity index (χ1n) is 8.45. The molecular formula is C19H21N3O3. The van der Waals surface area contributed by atoms with Gasteiger partial charge in [0.2, 0.25) is 12.8 Å². The zero-order valence-corrected chi connectivity index (χ0v) is 14.4. The summed E-state index contributed by atoms with van der Waals surface area (Å²) >= 11 is 0. The molecule has 1 fully saturated rings. The fraction of sp³-hybridized carbons (Fsp3) is 0.368. The Morgan fingerprint density at radius 2 is 2.00 bits per heavy atom. The Bertz CT molecular complexity index is 769. The summed E-state index contributed by atoms with van der Waals surface area (Å²) in [6.07, 6.45) is 5.61. The van der Waals surface area contributed by atoms with Gasteiger partial charge in [-0.1, -0.05) is 18.2 Å². The summed E-state index contributed by atoms with van der Waals surface area (Å²) in [5, 5.41) is 0. The van der Waals surface area contributed by atoms with Crippen LogP contribution in [0.15, 0.2) is 59.0 Å². The molecule has 130 valence electrons. The predicted octanol–water partition coefficient (Wildman–Crippen LogP) is 2.50. The number of para-hydroxylation sites is 1. The van der Waals surface area contributed by atoms with Gasteiger partial charge in [0.1, 0.15) is 6.04 Å². The van der Waals surface area contributed by atoms with Gasteiger partial charge < -0.3 is 14.4 Å². The Balaban J connectivity index is 1.50. The summed E-state index contributed by atoms with van der Waals surface area (Å²) in [7, 11) is 3.72. The molecule has 4 rings (SSSR count). The van der Waals surface area contributed by atoms with Gasteiger partial charge in [-0.3, -0.25) is 9.69 Å². The summed E-state index contributed by atoms with van der Waals surface area (Å²) in [6.45, 7) is 0.277. The largest absolute Gasteiger partial charge is 0.454 e. The minimum atomic E-state index is -0.356. The molecule has 1 saturated heterocycles. The molecule has 1 aliphatic carbocycles. The van der Waals surface area contributed by atoms with Crippen molar-refractivity contribution >= 4 is 17.6 Å². The molecule has 2 unspecified atom stereocenters. The number of rotatable bonds is 3. The topological polar surface area (TPSA) is 54.4 Å². The molecule has 0 aromatic heterocycles. The molecule has 0 N–H and O–H groups in total. The normalized spacial score (nSPS) is 24.8. The second-order valence-corrected chi connectivity index (χ2v) is 6.47. The van der Waals surface area contributed by atoms with Crippen molar-refractivity contribution in [1.82, 2.24) is 4.90 Å². The molecular weight excluding hydrogens is 318 g/mol. The third kappa shape index (κ3) is 2.88. The predicted molar refractivity (Wildman–Crippen MR) is 94.8 cm³/mol. The number of benzene rings is 1. The second kappa shape index (κ2) is 6.27. The molecule has 2 heterocycles. The third-order valence-corrected chi connectivity index (χ3v) is 4.82.